The maximum atomic E-state index is 2.61. The van der Waals surface area contributed by atoms with Crippen LogP contribution in [0.5, 0.6) is 0 Å². The monoisotopic (exact) mass is 206 g/mol. The van der Waals surface area contributed by atoms with Crippen LogP contribution in [0.4, 0.5) is 0 Å². The van der Waals surface area contributed by atoms with E-state index in [9.17, 15) is 0 Å². The van der Waals surface area contributed by atoms with Gasteiger partial charge in [-0.15, -0.1) is 0 Å². The van der Waals surface area contributed by atoms with Crippen molar-refractivity contribution in [3.8, 4) is 0 Å². The summed E-state index contributed by atoms with van der Waals surface area (Å²) in [5, 5.41) is 0. The molecule has 3 rings (SSSR count). The van der Waals surface area contributed by atoms with Crippen LogP contribution in [-0.4, -0.2) is 0 Å². The summed E-state index contributed by atoms with van der Waals surface area (Å²) in [5.74, 6) is 2.04. The summed E-state index contributed by atoms with van der Waals surface area (Å²) in [6.07, 6.45) is 9.07. The summed E-state index contributed by atoms with van der Waals surface area (Å²) in [6, 6.07) is 0. The summed E-state index contributed by atoms with van der Waals surface area (Å²) in [7, 11) is 0. The molecule has 0 nitrogen and oxygen atoms in total. The van der Waals surface area contributed by atoms with E-state index in [-0.39, 0.29) is 0 Å². The fraction of sp³-hybridized carbons (Fsp3) is 1.00. The molecule has 3 fully saturated rings. The maximum Gasteiger partial charge on any atom is -0.0238 e. The highest BCUT2D eigenvalue weighted by atomic mass is 14.7. The maximum absolute atomic E-state index is 2.61. The molecular formula is C15H26. The van der Waals surface area contributed by atoms with Gasteiger partial charge >= 0.3 is 0 Å². The lowest BCUT2D eigenvalue weighted by molar-refractivity contribution is -0.0831. The van der Waals surface area contributed by atoms with E-state index in [0.29, 0.717) is 16.2 Å². The van der Waals surface area contributed by atoms with Crippen LogP contribution in [0.15, 0.2) is 0 Å². The van der Waals surface area contributed by atoms with E-state index in [1.807, 2.05) is 0 Å². The quantitative estimate of drug-likeness (QED) is 0.541. The zero-order valence-corrected chi connectivity index (χ0v) is 10.9. The average molecular weight is 206 g/mol. The van der Waals surface area contributed by atoms with Gasteiger partial charge < -0.3 is 0 Å². The molecule has 86 valence electrons. The fourth-order valence-corrected chi connectivity index (χ4v) is 5.73. The third-order valence-electron chi connectivity index (χ3n) is 7.07. The van der Waals surface area contributed by atoms with Crippen LogP contribution in [0.25, 0.3) is 0 Å². The van der Waals surface area contributed by atoms with Crippen LogP contribution in [-0.2, 0) is 0 Å². The van der Waals surface area contributed by atoms with Crippen molar-refractivity contribution >= 4 is 0 Å². The molecular weight excluding hydrogens is 180 g/mol. The van der Waals surface area contributed by atoms with E-state index in [1.165, 1.54) is 38.5 Å². The second kappa shape index (κ2) is 2.63. The number of fused-ring (bicyclic) bond motifs is 4. The third-order valence-corrected chi connectivity index (χ3v) is 7.07. The third kappa shape index (κ3) is 0.996. The number of rotatable bonds is 0. The van der Waals surface area contributed by atoms with Crippen molar-refractivity contribution in [3.05, 3.63) is 0 Å². The van der Waals surface area contributed by atoms with Gasteiger partial charge in [-0.05, 0) is 60.2 Å². The van der Waals surface area contributed by atoms with Gasteiger partial charge in [0.2, 0.25) is 0 Å². The minimum atomic E-state index is 0.613. The lowest BCUT2D eigenvalue weighted by Gasteiger charge is -2.57. The normalized spacial score (nSPS) is 56.8. The van der Waals surface area contributed by atoms with Gasteiger partial charge in [-0.1, -0.05) is 34.1 Å². The topological polar surface area (TPSA) is 0 Å². The molecule has 0 aromatic heterocycles. The summed E-state index contributed by atoms with van der Waals surface area (Å²) in [5.41, 5.74) is 1.98. The summed E-state index contributed by atoms with van der Waals surface area (Å²) in [6.45, 7) is 10.3. The lowest BCUT2D eigenvalue weighted by atomic mass is 9.48. The molecule has 0 saturated heterocycles. The second-order valence-electron chi connectivity index (χ2n) is 7.68. The first-order valence-electron chi connectivity index (χ1n) is 6.90. The van der Waals surface area contributed by atoms with Gasteiger partial charge in [0, 0.05) is 0 Å². The first kappa shape index (κ1) is 10.2. The van der Waals surface area contributed by atoms with Crippen LogP contribution < -0.4 is 0 Å². The van der Waals surface area contributed by atoms with E-state index in [1.54, 1.807) is 0 Å². The van der Waals surface area contributed by atoms with E-state index in [0.717, 1.165) is 11.8 Å². The van der Waals surface area contributed by atoms with Gasteiger partial charge in [-0.3, -0.25) is 0 Å². The minimum absolute atomic E-state index is 0.613. The van der Waals surface area contributed by atoms with E-state index >= 15 is 0 Å². The Labute approximate surface area is 94.8 Å². The summed E-state index contributed by atoms with van der Waals surface area (Å²) < 4.78 is 0. The molecule has 0 spiro atoms. The van der Waals surface area contributed by atoms with Crippen molar-refractivity contribution in [1.82, 2.24) is 0 Å². The highest BCUT2D eigenvalue weighted by Gasteiger charge is 2.64. The smallest absolute Gasteiger partial charge is 0.0238 e. The first-order valence-corrected chi connectivity index (χ1v) is 6.90. The summed E-state index contributed by atoms with van der Waals surface area (Å²) in [4.78, 5) is 0. The first-order chi connectivity index (χ1) is 6.90. The zero-order chi connectivity index (χ0) is 10.9. The Morgan fingerprint density at radius 2 is 1.67 bits per heavy atom. The van der Waals surface area contributed by atoms with Crippen LogP contribution in [0.2, 0.25) is 0 Å². The highest BCUT2D eigenvalue weighted by molar-refractivity contribution is 5.13. The van der Waals surface area contributed by atoms with Gasteiger partial charge in [0.25, 0.3) is 0 Å². The Morgan fingerprint density at radius 3 is 2.40 bits per heavy atom. The molecule has 3 saturated carbocycles. The predicted octanol–water partition coefficient (Wildman–Crippen LogP) is 4.64. The molecule has 0 radical (unpaired) electrons. The molecule has 0 heteroatoms. The molecule has 4 unspecified atom stereocenters. The molecule has 4 atom stereocenters. The number of hydrogen-bond acceptors (Lipinski definition) is 0. The largest absolute Gasteiger partial charge is 0.0593 e. The molecule has 3 aliphatic rings. The fourth-order valence-electron chi connectivity index (χ4n) is 5.73. The van der Waals surface area contributed by atoms with Crippen molar-refractivity contribution in [2.45, 2.75) is 66.2 Å². The molecule has 0 aromatic rings. The zero-order valence-electron chi connectivity index (χ0n) is 10.9. The molecule has 0 aliphatic heterocycles. The SMILES string of the molecule is CC12CCCC1C1(C)CCC(C2)C1(C)C. The number of hydrogen-bond donors (Lipinski definition) is 0. The second-order valence-corrected chi connectivity index (χ2v) is 7.68. The Kier molecular flexibility index (Phi) is 1.78. The Balaban J connectivity index is 2.08. The molecule has 0 amide bonds. The van der Waals surface area contributed by atoms with Gasteiger partial charge in [-0.2, -0.15) is 0 Å². The van der Waals surface area contributed by atoms with Gasteiger partial charge in [0.05, 0.1) is 0 Å². The van der Waals surface area contributed by atoms with Gasteiger partial charge in [0.1, 0.15) is 0 Å². The Bertz CT molecular complexity index is 290. The molecule has 0 N–H and O–H groups in total. The average Bonchev–Trinajstić information content (AvgIpc) is 2.58. The van der Waals surface area contributed by atoms with Gasteiger partial charge in [0.15, 0.2) is 0 Å². The Hall–Kier alpha value is 0. The van der Waals surface area contributed by atoms with E-state index in [2.05, 4.69) is 27.7 Å². The molecule has 3 aliphatic carbocycles. The van der Waals surface area contributed by atoms with Crippen LogP contribution in [0.3, 0.4) is 0 Å². The standard InChI is InChI=1S/C15H26/c1-13(2)11-7-9-15(13,4)12-6-5-8-14(12,3)10-11/h11-12H,5-10H2,1-4H3. The molecule has 2 bridgehead atoms. The minimum Gasteiger partial charge on any atom is -0.0593 e. The van der Waals surface area contributed by atoms with Crippen LogP contribution in [0, 0.1) is 28.1 Å². The lowest BCUT2D eigenvalue weighted by Crippen LogP contribution is -2.50. The van der Waals surface area contributed by atoms with E-state index < -0.39 is 0 Å². The predicted molar refractivity (Wildman–Crippen MR) is 64.7 cm³/mol. The highest BCUT2D eigenvalue weighted by Crippen LogP contribution is 2.73. The molecule has 0 aromatic carbocycles. The van der Waals surface area contributed by atoms with Crippen molar-refractivity contribution in [1.29, 1.82) is 0 Å². The Morgan fingerprint density at radius 1 is 0.933 bits per heavy atom. The van der Waals surface area contributed by atoms with Crippen LogP contribution >= 0.6 is 0 Å². The van der Waals surface area contributed by atoms with Crippen LogP contribution in [0.1, 0.15) is 66.2 Å². The molecule has 0 heterocycles. The van der Waals surface area contributed by atoms with Crippen molar-refractivity contribution in [3.63, 3.8) is 0 Å². The van der Waals surface area contributed by atoms with Crippen molar-refractivity contribution in [2.24, 2.45) is 28.1 Å². The van der Waals surface area contributed by atoms with Crippen molar-refractivity contribution in [2.75, 3.05) is 0 Å². The summed E-state index contributed by atoms with van der Waals surface area (Å²) >= 11 is 0. The van der Waals surface area contributed by atoms with Crippen molar-refractivity contribution < 1.29 is 0 Å². The van der Waals surface area contributed by atoms with E-state index in [4.69, 9.17) is 0 Å². The molecule has 15 heavy (non-hydrogen) atoms. The van der Waals surface area contributed by atoms with Gasteiger partial charge in [-0.25, -0.2) is 0 Å².